The fourth-order valence-electron chi connectivity index (χ4n) is 2.05. The molecule has 1 N–H and O–H groups in total. The van der Waals surface area contributed by atoms with E-state index in [0.29, 0.717) is 18.0 Å². The van der Waals surface area contributed by atoms with Gasteiger partial charge < -0.3 is 14.8 Å². The predicted molar refractivity (Wildman–Crippen MR) is 86.1 cm³/mol. The molecule has 0 aromatic heterocycles. The third-order valence-electron chi connectivity index (χ3n) is 3.37. The lowest BCUT2D eigenvalue weighted by molar-refractivity contribution is -0.127. The van der Waals surface area contributed by atoms with E-state index in [4.69, 9.17) is 9.47 Å². The summed E-state index contributed by atoms with van der Waals surface area (Å²) in [6, 6.07) is 11.5. The first-order valence-electron chi connectivity index (χ1n) is 7.33. The van der Waals surface area contributed by atoms with Gasteiger partial charge in [-0.25, -0.2) is 4.39 Å². The molecule has 1 unspecified atom stereocenters. The molecule has 4 nitrogen and oxygen atoms in total. The van der Waals surface area contributed by atoms with Crippen molar-refractivity contribution in [2.75, 3.05) is 7.11 Å². The van der Waals surface area contributed by atoms with Crippen molar-refractivity contribution in [1.82, 2.24) is 5.32 Å². The fourth-order valence-corrected chi connectivity index (χ4v) is 2.05. The van der Waals surface area contributed by atoms with Crippen molar-refractivity contribution in [3.05, 3.63) is 59.4 Å². The Morgan fingerprint density at radius 3 is 2.52 bits per heavy atom. The Balaban J connectivity index is 1.93. The average molecular weight is 317 g/mol. The number of rotatable bonds is 6. The van der Waals surface area contributed by atoms with Gasteiger partial charge in [0.1, 0.15) is 5.82 Å². The molecule has 0 saturated carbocycles. The van der Waals surface area contributed by atoms with E-state index in [2.05, 4.69) is 5.32 Å². The van der Waals surface area contributed by atoms with E-state index < -0.39 is 6.10 Å². The van der Waals surface area contributed by atoms with Crippen LogP contribution in [0.2, 0.25) is 0 Å². The summed E-state index contributed by atoms with van der Waals surface area (Å²) in [5.74, 6) is 0.547. The fraction of sp³-hybridized carbons (Fsp3) is 0.278. The number of hydrogen-bond donors (Lipinski definition) is 1. The van der Waals surface area contributed by atoms with Crippen LogP contribution in [-0.4, -0.2) is 19.1 Å². The maximum absolute atomic E-state index is 12.8. The van der Waals surface area contributed by atoms with Gasteiger partial charge in [0.2, 0.25) is 0 Å². The summed E-state index contributed by atoms with van der Waals surface area (Å²) >= 11 is 0. The van der Waals surface area contributed by atoms with Gasteiger partial charge in [0, 0.05) is 6.54 Å². The number of ether oxygens (including phenoxy) is 2. The number of methoxy groups -OCH3 is 1. The smallest absolute Gasteiger partial charge is 0.261 e. The van der Waals surface area contributed by atoms with Crippen molar-refractivity contribution in [2.24, 2.45) is 0 Å². The lowest BCUT2D eigenvalue weighted by atomic mass is 10.2. The van der Waals surface area contributed by atoms with Gasteiger partial charge in [-0.2, -0.15) is 0 Å². The van der Waals surface area contributed by atoms with Gasteiger partial charge in [-0.05, 0) is 49.2 Å². The van der Waals surface area contributed by atoms with Crippen molar-refractivity contribution in [2.45, 2.75) is 26.5 Å². The molecule has 0 spiro atoms. The largest absolute Gasteiger partial charge is 0.493 e. The number of amides is 1. The second kappa shape index (κ2) is 7.63. The number of hydrogen-bond acceptors (Lipinski definition) is 3. The molecular formula is C18H20FNO3. The summed E-state index contributed by atoms with van der Waals surface area (Å²) in [6.45, 7) is 3.93. The average Bonchev–Trinajstić information content (AvgIpc) is 2.55. The molecule has 0 aliphatic rings. The minimum absolute atomic E-state index is 0.253. The first kappa shape index (κ1) is 16.8. The summed E-state index contributed by atoms with van der Waals surface area (Å²) in [5, 5.41) is 2.76. The molecule has 0 saturated heterocycles. The second-order valence-electron chi connectivity index (χ2n) is 5.26. The predicted octanol–water partition coefficient (Wildman–Crippen LogP) is 3.23. The SMILES string of the molecule is COc1cc(C)ccc1OC(C)C(=O)NCc1ccc(F)cc1. The topological polar surface area (TPSA) is 47.6 Å². The van der Waals surface area contributed by atoms with Crippen LogP contribution in [0.3, 0.4) is 0 Å². The molecular weight excluding hydrogens is 297 g/mol. The summed E-state index contributed by atoms with van der Waals surface area (Å²) in [7, 11) is 1.56. The molecule has 0 aliphatic heterocycles. The minimum Gasteiger partial charge on any atom is -0.493 e. The molecule has 122 valence electrons. The van der Waals surface area contributed by atoms with Crippen LogP contribution >= 0.6 is 0 Å². The molecule has 0 fully saturated rings. The third-order valence-corrected chi connectivity index (χ3v) is 3.37. The van der Waals surface area contributed by atoms with Crippen molar-refractivity contribution in [3.63, 3.8) is 0 Å². The normalized spacial score (nSPS) is 11.7. The Hall–Kier alpha value is -2.56. The first-order valence-corrected chi connectivity index (χ1v) is 7.33. The van der Waals surface area contributed by atoms with Crippen LogP contribution in [0.15, 0.2) is 42.5 Å². The van der Waals surface area contributed by atoms with Crippen LogP contribution in [0.25, 0.3) is 0 Å². The standard InChI is InChI=1S/C18H20FNO3/c1-12-4-9-16(17(10-12)22-3)23-13(2)18(21)20-11-14-5-7-15(19)8-6-14/h4-10,13H,11H2,1-3H3,(H,20,21). The summed E-state index contributed by atoms with van der Waals surface area (Å²) in [6.07, 6.45) is -0.674. The molecule has 5 heteroatoms. The number of halogens is 1. The zero-order valence-electron chi connectivity index (χ0n) is 13.4. The van der Waals surface area contributed by atoms with E-state index in [9.17, 15) is 9.18 Å². The third kappa shape index (κ3) is 4.71. The van der Waals surface area contributed by atoms with E-state index in [0.717, 1.165) is 11.1 Å². The number of nitrogens with one attached hydrogen (secondary N) is 1. The Kier molecular flexibility index (Phi) is 5.57. The highest BCUT2D eigenvalue weighted by atomic mass is 19.1. The van der Waals surface area contributed by atoms with Gasteiger partial charge in [0.25, 0.3) is 5.91 Å². The van der Waals surface area contributed by atoms with Gasteiger partial charge in [-0.15, -0.1) is 0 Å². The molecule has 2 aromatic rings. The highest BCUT2D eigenvalue weighted by Crippen LogP contribution is 2.28. The molecule has 0 aliphatic carbocycles. The number of benzene rings is 2. The molecule has 0 bridgehead atoms. The van der Waals surface area contributed by atoms with Gasteiger partial charge in [0.15, 0.2) is 17.6 Å². The van der Waals surface area contributed by atoms with Crippen LogP contribution in [0.4, 0.5) is 4.39 Å². The Bertz CT molecular complexity index is 670. The van der Waals surface area contributed by atoms with E-state index in [1.54, 1.807) is 32.2 Å². The van der Waals surface area contributed by atoms with E-state index in [1.807, 2.05) is 19.1 Å². The Morgan fingerprint density at radius 2 is 1.87 bits per heavy atom. The van der Waals surface area contributed by atoms with Crippen LogP contribution in [0.5, 0.6) is 11.5 Å². The maximum atomic E-state index is 12.8. The maximum Gasteiger partial charge on any atom is 0.261 e. The van der Waals surface area contributed by atoms with Gasteiger partial charge in [-0.3, -0.25) is 4.79 Å². The summed E-state index contributed by atoms with van der Waals surface area (Å²) in [4.78, 5) is 12.1. The minimum atomic E-state index is -0.674. The number of carbonyl (C=O) groups is 1. The second-order valence-corrected chi connectivity index (χ2v) is 5.26. The van der Waals surface area contributed by atoms with Crippen molar-refractivity contribution < 1.29 is 18.7 Å². The summed E-state index contributed by atoms with van der Waals surface area (Å²) < 4.78 is 23.8. The van der Waals surface area contributed by atoms with Crippen LogP contribution in [0, 0.1) is 12.7 Å². The van der Waals surface area contributed by atoms with Gasteiger partial charge in [0.05, 0.1) is 7.11 Å². The molecule has 1 atom stereocenters. The highest BCUT2D eigenvalue weighted by Gasteiger charge is 2.16. The Labute approximate surface area is 135 Å². The summed E-state index contributed by atoms with van der Waals surface area (Å²) in [5.41, 5.74) is 1.86. The van der Waals surface area contributed by atoms with Crippen LogP contribution < -0.4 is 14.8 Å². The monoisotopic (exact) mass is 317 g/mol. The number of carbonyl (C=O) groups excluding carboxylic acids is 1. The van der Waals surface area contributed by atoms with E-state index >= 15 is 0 Å². The zero-order chi connectivity index (χ0) is 16.8. The molecule has 1 amide bonds. The molecule has 2 aromatic carbocycles. The molecule has 23 heavy (non-hydrogen) atoms. The van der Waals surface area contributed by atoms with E-state index in [-0.39, 0.29) is 11.7 Å². The highest BCUT2D eigenvalue weighted by molar-refractivity contribution is 5.80. The molecule has 2 rings (SSSR count). The van der Waals surface area contributed by atoms with Crippen molar-refractivity contribution >= 4 is 5.91 Å². The van der Waals surface area contributed by atoms with Crippen molar-refractivity contribution in [1.29, 1.82) is 0 Å². The van der Waals surface area contributed by atoms with Gasteiger partial charge in [-0.1, -0.05) is 18.2 Å². The van der Waals surface area contributed by atoms with Gasteiger partial charge >= 0.3 is 0 Å². The lowest BCUT2D eigenvalue weighted by Crippen LogP contribution is -2.35. The lowest BCUT2D eigenvalue weighted by Gasteiger charge is -2.17. The zero-order valence-corrected chi connectivity index (χ0v) is 13.4. The number of aryl methyl sites for hydroxylation is 1. The molecule has 0 radical (unpaired) electrons. The Morgan fingerprint density at radius 1 is 1.17 bits per heavy atom. The first-order chi connectivity index (χ1) is 11.0. The van der Waals surface area contributed by atoms with E-state index in [1.165, 1.54) is 12.1 Å². The molecule has 0 heterocycles. The van der Waals surface area contributed by atoms with Crippen molar-refractivity contribution in [3.8, 4) is 11.5 Å². The quantitative estimate of drug-likeness (QED) is 0.890. The van der Waals surface area contributed by atoms with Crippen LogP contribution in [-0.2, 0) is 11.3 Å². The van der Waals surface area contributed by atoms with Crippen LogP contribution in [0.1, 0.15) is 18.1 Å².